The van der Waals surface area contributed by atoms with Gasteiger partial charge in [-0.3, -0.25) is 19.7 Å². The van der Waals surface area contributed by atoms with Gasteiger partial charge in [0.2, 0.25) is 0 Å². The standard InChI is InChI=1S/C28H36N4O3.C18H27N3O2.C14H25NO2.C10H11NO2.C5H4BrN.ClH/c1-27(2,3)35-26(34)30-24-7-6-20-4-5-21(18-23(20)24)25(33)32-17-12-28(19-32)10-15-31(16-11-28)22-8-13-29-14-9-22;1-17(2,3)23-16(22)21-13-8-18(14-21)6-11-20(12-7-18)15-4-9-19-10-5-15;1-13(2,3)17-12(16)15-10-9-14(11-15)7-5-4-6-8-14;11-9-4-3-6-1-2-7(10(12)13)5-8(6)9;6-5-1-3-7-4-2-5;/h4-5,8-9,13-14,18,24H,6-7,10-12,15-17,19H2,1-3H3,(H,30,34);4-5,9-10H,6-8,11-14H2,1-3H3;4-11H2,1-3H3;1-2,5,9H,3-4,11H2,(H,12,13);1-4H;1H. The van der Waals surface area contributed by atoms with Gasteiger partial charge in [0.25, 0.3) is 5.91 Å². The molecule has 8 aliphatic rings. The third-order valence-corrected chi connectivity index (χ3v) is 20.4. The molecular weight excluding hydrogens is 1300 g/mol. The first-order valence-corrected chi connectivity index (χ1v) is 35.2. The summed E-state index contributed by atoms with van der Waals surface area (Å²) in [6, 6.07) is 23.2. The quantitative estimate of drug-likeness (QED) is 0.139. The predicted octanol–water partition coefficient (Wildman–Crippen LogP) is 15.2. The Balaban J connectivity index is 0.000000167. The van der Waals surface area contributed by atoms with Gasteiger partial charge in [-0.15, -0.1) is 12.4 Å². The van der Waals surface area contributed by atoms with E-state index in [1.165, 1.54) is 61.0 Å². The number of nitrogens with zero attached hydrogens (tertiary/aromatic N) is 8. The average molecular weight is 1410 g/mol. The maximum Gasteiger partial charge on any atom is 0.410 e. The summed E-state index contributed by atoms with van der Waals surface area (Å²) >= 11 is 3.27. The molecule has 3 aliphatic carbocycles. The molecule has 0 radical (unpaired) electrons. The fourth-order valence-electron chi connectivity index (χ4n) is 14.7. The molecule has 1 saturated carbocycles. The number of nitrogens with two attached hydrogens (primary N) is 1. The van der Waals surface area contributed by atoms with E-state index >= 15 is 0 Å². The maximum atomic E-state index is 13.5. The van der Waals surface area contributed by atoms with E-state index in [9.17, 15) is 24.0 Å². The topological polar surface area (TPSA) is 226 Å². The fourth-order valence-corrected chi connectivity index (χ4v) is 14.9. The number of anilines is 2. The maximum absolute atomic E-state index is 13.5. The van der Waals surface area contributed by atoms with Gasteiger partial charge in [0.05, 0.1) is 11.6 Å². The number of aromatic nitrogens is 3. The number of hydrogen-bond acceptors (Lipinski definition) is 14. The van der Waals surface area contributed by atoms with Gasteiger partial charge in [-0.1, -0.05) is 47.3 Å². The molecule has 13 rings (SSSR count). The molecular formula is C75H104BrClN10O9. The largest absolute Gasteiger partial charge is 0.478 e. The highest BCUT2D eigenvalue weighted by molar-refractivity contribution is 9.10. The summed E-state index contributed by atoms with van der Waals surface area (Å²) in [4.78, 5) is 83.4. The van der Waals surface area contributed by atoms with E-state index in [4.69, 9.17) is 25.1 Å². The van der Waals surface area contributed by atoms with Crippen LogP contribution in [-0.2, 0) is 27.1 Å². The molecule has 5 aromatic rings. The van der Waals surface area contributed by atoms with Gasteiger partial charge in [-0.2, -0.15) is 0 Å². The Morgan fingerprint density at radius 3 is 1.35 bits per heavy atom. The fraction of sp³-hybridized carbons (Fsp3) is 0.573. The van der Waals surface area contributed by atoms with Crippen LogP contribution in [0.15, 0.2) is 114 Å². The van der Waals surface area contributed by atoms with E-state index in [1.807, 2.05) is 132 Å². The third-order valence-electron chi connectivity index (χ3n) is 19.8. The molecule has 5 saturated heterocycles. The van der Waals surface area contributed by atoms with Gasteiger partial charge in [0.15, 0.2) is 0 Å². The summed E-state index contributed by atoms with van der Waals surface area (Å²) in [6.07, 6.45) is 28.2. The summed E-state index contributed by atoms with van der Waals surface area (Å²) in [6.45, 7) is 26.4. The number of hydrogen-bond donors (Lipinski definition) is 3. The first-order valence-electron chi connectivity index (χ1n) is 34.4. The molecule has 2 atom stereocenters. The van der Waals surface area contributed by atoms with E-state index in [-0.39, 0.29) is 59.0 Å². The van der Waals surface area contributed by atoms with Crippen molar-refractivity contribution in [2.75, 3.05) is 75.2 Å². The number of halogens is 2. The Labute approximate surface area is 583 Å². The molecule has 19 nitrogen and oxygen atoms in total. The van der Waals surface area contributed by atoms with Crippen LogP contribution in [0.25, 0.3) is 0 Å². The number of carbonyl (C=O) groups is 5. The van der Waals surface area contributed by atoms with Gasteiger partial charge in [0, 0.05) is 130 Å². The molecule has 21 heteroatoms. The second-order valence-corrected chi connectivity index (χ2v) is 31.3. The number of nitrogens with one attached hydrogen (secondary N) is 1. The van der Waals surface area contributed by atoms with Gasteiger partial charge < -0.3 is 54.9 Å². The number of carbonyl (C=O) groups excluding carboxylic acids is 4. The lowest BCUT2D eigenvalue weighted by Crippen LogP contribution is -2.43. The van der Waals surface area contributed by atoms with Crippen molar-refractivity contribution in [1.29, 1.82) is 0 Å². The zero-order valence-corrected chi connectivity index (χ0v) is 60.5. The van der Waals surface area contributed by atoms with Crippen molar-refractivity contribution in [3.8, 4) is 0 Å². The normalized spacial score (nSPS) is 20.3. The van der Waals surface area contributed by atoms with Crippen molar-refractivity contribution in [2.45, 2.75) is 194 Å². The van der Waals surface area contributed by atoms with Gasteiger partial charge >= 0.3 is 24.2 Å². The van der Waals surface area contributed by atoms with Crippen LogP contribution in [0.3, 0.4) is 0 Å². The second kappa shape index (κ2) is 32.6. The molecule has 4 amide bonds. The van der Waals surface area contributed by atoms with Crippen LogP contribution in [0.5, 0.6) is 0 Å². The van der Waals surface area contributed by atoms with Crippen LogP contribution in [0.2, 0.25) is 0 Å². The van der Waals surface area contributed by atoms with Crippen LogP contribution >= 0.6 is 28.3 Å². The Kier molecular flexibility index (Phi) is 25.3. The Morgan fingerprint density at radius 2 is 0.906 bits per heavy atom. The molecule has 3 aromatic heterocycles. The summed E-state index contributed by atoms with van der Waals surface area (Å²) in [5.74, 6) is -0.786. The van der Waals surface area contributed by atoms with Crippen molar-refractivity contribution in [2.24, 2.45) is 22.0 Å². The van der Waals surface area contributed by atoms with Gasteiger partial charge in [0.1, 0.15) is 16.8 Å². The number of carboxylic acid groups (broad SMARTS) is 1. The second-order valence-electron chi connectivity index (χ2n) is 30.4. The minimum Gasteiger partial charge on any atom is -0.478 e. The number of piperidine rings is 2. The summed E-state index contributed by atoms with van der Waals surface area (Å²) in [7, 11) is 0. The lowest BCUT2D eigenvalue weighted by atomic mass is 9.74. The highest BCUT2D eigenvalue weighted by Crippen LogP contribution is 2.46. The predicted molar refractivity (Wildman–Crippen MR) is 382 cm³/mol. The molecule has 0 bridgehead atoms. The minimum absolute atomic E-state index is 0. The molecule has 2 aromatic carbocycles. The Bertz CT molecular complexity index is 3380. The van der Waals surface area contributed by atoms with Gasteiger partial charge in [-0.25, -0.2) is 19.2 Å². The number of amides is 4. The average Bonchev–Trinajstić information content (AvgIpc) is 1.65. The van der Waals surface area contributed by atoms with Crippen LogP contribution in [0, 0.1) is 16.2 Å². The number of likely N-dealkylation sites (tertiary alicyclic amines) is 3. The molecule has 522 valence electrons. The van der Waals surface area contributed by atoms with E-state index in [1.54, 1.807) is 24.5 Å². The SMILES string of the molecule is Brc1ccncc1.CC(C)(C)OC(=O)N1CCC2(CCCCC2)C1.CC(C)(C)OC(=O)N1CCC2(CCN(c3ccncc3)CC2)C1.CC(C)(C)OC(=O)NC1CCc2ccc(C(=O)N3CCC4(CCN(c5ccncc5)CC4)C3)cc21.Cl.NC1CCc2ccc(C(=O)O)cc21. The summed E-state index contributed by atoms with van der Waals surface area (Å²) in [5.41, 5.74) is 13.4. The van der Waals surface area contributed by atoms with Crippen molar-refractivity contribution < 1.29 is 43.3 Å². The smallest absolute Gasteiger partial charge is 0.410 e. The molecule has 96 heavy (non-hydrogen) atoms. The number of fused-ring (bicyclic) bond motifs is 2. The zero-order valence-electron chi connectivity index (χ0n) is 58.1. The van der Waals surface area contributed by atoms with E-state index < -0.39 is 23.3 Å². The third kappa shape index (κ3) is 21.0. The number of pyridine rings is 3. The molecule has 5 aliphatic heterocycles. The van der Waals surface area contributed by atoms with Crippen molar-refractivity contribution >= 4 is 69.9 Å². The zero-order chi connectivity index (χ0) is 68.2. The first-order chi connectivity index (χ1) is 45.1. The highest BCUT2D eigenvalue weighted by atomic mass is 79.9. The van der Waals surface area contributed by atoms with Crippen LogP contribution in [-0.4, -0.2) is 147 Å². The number of ether oxygens (including phenoxy) is 3. The van der Waals surface area contributed by atoms with E-state index in [0.717, 1.165) is 145 Å². The first kappa shape index (κ1) is 74.8. The van der Waals surface area contributed by atoms with Crippen LogP contribution in [0.1, 0.15) is 207 Å². The van der Waals surface area contributed by atoms with E-state index in [2.05, 4.69) is 76.3 Å². The van der Waals surface area contributed by atoms with E-state index in [0.29, 0.717) is 16.5 Å². The van der Waals surface area contributed by atoms with Crippen LogP contribution < -0.4 is 20.9 Å². The number of aromatic carboxylic acids is 1. The molecule has 6 fully saturated rings. The van der Waals surface area contributed by atoms with Crippen molar-refractivity contribution in [1.82, 2.24) is 35.0 Å². The lowest BCUT2D eigenvalue weighted by molar-refractivity contribution is 0.0254. The lowest BCUT2D eigenvalue weighted by Gasteiger charge is -2.40. The number of carboxylic acids is 1. The highest BCUT2D eigenvalue weighted by Gasteiger charge is 2.45. The number of rotatable bonds is 5. The number of benzene rings is 2. The Hall–Kier alpha value is -7.03. The summed E-state index contributed by atoms with van der Waals surface area (Å²) < 4.78 is 17.5. The number of alkyl carbamates (subject to hydrolysis) is 1. The summed E-state index contributed by atoms with van der Waals surface area (Å²) in [5, 5.41) is 11.8. The van der Waals surface area contributed by atoms with Crippen molar-refractivity contribution in [3.63, 3.8) is 0 Å². The van der Waals surface area contributed by atoms with Crippen molar-refractivity contribution in [3.05, 3.63) is 148 Å². The minimum atomic E-state index is -0.887. The number of aryl methyl sites for hydroxylation is 2. The molecule has 8 heterocycles. The van der Waals surface area contributed by atoms with Gasteiger partial charge in [-0.05, 0) is 245 Å². The molecule has 4 N–H and O–H groups in total. The van der Waals surface area contributed by atoms with Crippen LogP contribution in [0.4, 0.5) is 25.8 Å². The monoisotopic (exact) mass is 1400 g/mol. The Morgan fingerprint density at radius 1 is 0.510 bits per heavy atom. The molecule has 2 unspecified atom stereocenters. The molecule has 3 spiro atoms.